The highest BCUT2D eigenvalue weighted by Gasteiger charge is 2.27. The van der Waals surface area contributed by atoms with Crippen molar-refractivity contribution >= 4 is 39.3 Å². The molecule has 2 saturated heterocycles. The number of hydrogen-bond acceptors (Lipinski definition) is 5. The second-order valence-corrected chi connectivity index (χ2v) is 11.2. The summed E-state index contributed by atoms with van der Waals surface area (Å²) in [7, 11) is -3.56. The van der Waals surface area contributed by atoms with Crippen LogP contribution in [0.3, 0.4) is 0 Å². The van der Waals surface area contributed by atoms with Crippen molar-refractivity contribution in [1.82, 2.24) is 9.21 Å². The molecule has 2 aromatic carbocycles. The molecule has 1 atom stereocenters. The van der Waals surface area contributed by atoms with Gasteiger partial charge in [0.15, 0.2) is 0 Å². The number of halogens is 1. The van der Waals surface area contributed by atoms with Crippen LogP contribution in [-0.2, 0) is 14.8 Å². The summed E-state index contributed by atoms with van der Waals surface area (Å²) in [6.07, 6.45) is 0.823. The first-order chi connectivity index (χ1) is 15.0. The van der Waals surface area contributed by atoms with Crippen molar-refractivity contribution in [3.63, 3.8) is 0 Å². The van der Waals surface area contributed by atoms with Crippen LogP contribution in [0, 0.1) is 0 Å². The number of benzene rings is 2. The Balaban J connectivity index is 1.43. The maximum Gasteiger partial charge on any atom is 0.253 e. The van der Waals surface area contributed by atoms with Crippen molar-refractivity contribution in [1.29, 1.82) is 0 Å². The van der Waals surface area contributed by atoms with Crippen LogP contribution in [0.15, 0.2) is 53.4 Å². The zero-order chi connectivity index (χ0) is 21.8. The number of amides is 1. The Morgan fingerprint density at radius 1 is 1.00 bits per heavy atom. The molecule has 0 spiro atoms. The van der Waals surface area contributed by atoms with Gasteiger partial charge in [0, 0.05) is 47.8 Å². The molecule has 0 aliphatic carbocycles. The minimum absolute atomic E-state index is 0.0734. The maximum absolute atomic E-state index is 13.0. The highest BCUT2D eigenvalue weighted by molar-refractivity contribution is 7.99. The van der Waals surface area contributed by atoms with Crippen molar-refractivity contribution in [2.24, 2.45) is 0 Å². The molecule has 0 bridgehead atoms. The van der Waals surface area contributed by atoms with E-state index in [4.69, 9.17) is 16.3 Å². The molecule has 2 aliphatic rings. The van der Waals surface area contributed by atoms with Gasteiger partial charge in [-0.05, 0) is 42.3 Å². The second kappa shape index (κ2) is 9.92. The van der Waals surface area contributed by atoms with Crippen LogP contribution >= 0.6 is 23.4 Å². The molecular formula is C22H25ClN2O4S2. The third-order valence-electron chi connectivity index (χ3n) is 5.59. The van der Waals surface area contributed by atoms with Crippen LogP contribution in [0.25, 0.3) is 0 Å². The molecule has 4 rings (SSSR count). The molecule has 0 saturated carbocycles. The average molecular weight is 481 g/mol. The van der Waals surface area contributed by atoms with E-state index >= 15 is 0 Å². The first-order valence-corrected chi connectivity index (χ1v) is 13.2. The lowest BCUT2D eigenvalue weighted by molar-refractivity contribution is 0.0730. The maximum atomic E-state index is 13.0. The van der Waals surface area contributed by atoms with Crippen molar-refractivity contribution < 1.29 is 17.9 Å². The molecule has 0 aromatic heterocycles. The summed E-state index contributed by atoms with van der Waals surface area (Å²) in [6.45, 7) is 2.78. The Morgan fingerprint density at radius 2 is 1.71 bits per heavy atom. The standard InChI is InChI=1S/C22H25ClN2O4S2/c23-20-4-2-1-3-19(20)21-9-10-24(13-16-30-21)22(26)17-5-7-18(8-6-17)31(27,28)25-11-14-29-15-12-25/h1-8,21H,9-16H2. The fraction of sp³-hybridized carbons (Fsp3) is 0.409. The van der Waals surface area contributed by atoms with E-state index in [1.165, 1.54) is 16.4 Å². The van der Waals surface area contributed by atoms with Gasteiger partial charge in [-0.15, -0.1) is 0 Å². The summed E-state index contributed by atoms with van der Waals surface area (Å²) in [5.41, 5.74) is 1.61. The largest absolute Gasteiger partial charge is 0.379 e. The Labute approximate surface area is 192 Å². The summed E-state index contributed by atoms with van der Waals surface area (Å²) in [4.78, 5) is 15.1. The summed E-state index contributed by atoms with van der Waals surface area (Å²) >= 11 is 8.18. The summed E-state index contributed by atoms with van der Waals surface area (Å²) in [5.74, 6) is 0.751. The van der Waals surface area contributed by atoms with Gasteiger partial charge in [0.25, 0.3) is 5.91 Å². The molecule has 2 aliphatic heterocycles. The molecule has 1 amide bonds. The van der Waals surface area contributed by atoms with Crippen molar-refractivity contribution in [3.05, 3.63) is 64.7 Å². The molecule has 2 fully saturated rings. The molecule has 6 nitrogen and oxygen atoms in total. The van der Waals surface area contributed by atoms with E-state index in [-0.39, 0.29) is 16.1 Å². The lowest BCUT2D eigenvalue weighted by Gasteiger charge is -2.26. The lowest BCUT2D eigenvalue weighted by Crippen LogP contribution is -2.40. The number of rotatable bonds is 4. The average Bonchev–Trinajstić information content (AvgIpc) is 3.06. The van der Waals surface area contributed by atoms with Crippen LogP contribution in [0.5, 0.6) is 0 Å². The van der Waals surface area contributed by atoms with Crippen LogP contribution in [-0.4, -0.2) is 68.7 Å². The SMILES string of the molecule is O=C(c1ccc(S(=O)(=O)N2CCOCC2)cc1)N1CCSC(c2ccccc2Cl)CC1. The number of thioether (sulfide) groups is 1. The van der Waals surface area contributed by atoms with Crippen LogP contribution in [0.1, 0.15) is 27.6 Å². The zero-order valence-electron chi connectivity index (χ0n) is 17.1. The number of morpholine rings is 1. The molecule has 2 aromatic rings. The Hall–Kier alpha value is -1.58. The van der Waals surface area contributed by atoms with E-state index in [1.54, 1.807) is 12.1 Å². The van der Waals surface area contributed by atoms with E-state index in [0.717, 1.165) is 22.8 Å². The highest BCUT2D eigenvalue weighted by Crippen LogP contribution is 2.38. The van der Waals surface area contributed by atoms with Gasteiger partial charge in [-0.2, -0.15) is 16.1 Å². The third kappa shape index (κ3) is 5.09. The van der Waals surface area contributed by atoms with E-state index in [1.807, 2.05) is 40.9 Å². The van der Waals surface area contributed by atoms with Gasteiger partial charge in [0.1, 0.15) is 0 Å². The number of nitrogens with zero attached hydrogens (tertiary/aromatic N) is 2. The molecular weight excluding hydrogens is 456 g/mol. The van der Waals surface area contributed by atoms with Crippen LogP contribution in [0.4, 0.5) is 0 Å². The first kappa shape index (κ1) is 22.6. The highest BCUT2D eigenvalue weighted by atomic mass is 35.5. The zero-order valence-corrected chi connectivity index (χ0v) is 19.5. The van der Waals surface area contributed by atoms with E-state index in [0.29, 0.717) is 45.0 Å². The molecule has 1 unspecified atom stereocenters. The Morgan fingerprint density at radius 3 is 2.42 bits per heavy atom. The predicted molar refractivity (Wildman–Crippen MR) is 123 cm³/mol. The fourth-order valence-corrected chi connectivity index (χ4v) is 6.85. The second-order valence-electron chi connectivity index (χ2n) is 7.50. The van der Waals surface area contributed by atoms with E-state index < -0.39 is 10.0 Å². The summed E-state index contributed by atoms with van der Waals surface area (Å²) in [6, 6.07) is 14.1. The molecule has 9 heteroatoms. The van der Waals surface area contributed by atoms with Gasteiger partial charge in [-0.3, -0.25) is 4.79 Å². The van der Waals surface area contributed by atoms with Crippen molar-refractivity contribution in [2.45, 2.75) is 16.6 Å². The number of hydrogen-bond donors (Lipinski definition) is 0. The first-order valence-electron chi connectivity index (χ1n) is 10.3. The smallest absolute Gasteiger partial charge is 0.253 e. The van der Waals surface area contributed by atoms with Gasteiger partial charge in [0.2, 0.25) is 10.0 Å². The van der Waals surface area contributed by atoms with Gasteiger partial charge in [-0.1, -0.05) is 29.8 Å². The molecule has 166 valence electrons. The lowest BCUT2D eigenvalue weighted by atomic mass is 10.1. The topological polar surface area (TPSA) is 66.9 Å². The molecule has 0 radical (unpaired) electrons. The Bertz CT molecular complexity index is 1020. The molecule has 0 N–H and O–H groups in total. The van der Waals surface area contributed by atoms with Crippen molar-refractivity contribution in [3.8, 4) is 0 Å². The summed E-state index contributed by atoms with van der Waals surface area (Å²) < 4.78 is 32.2. The van der Waals surface area contributed by atoms with Gasteiger partial charge in [-0.25, -0.2) is 8.42 Å². The minimum Gasteiger partial charge on any atom is -0.379 e. The van der Waals surface area contributed by atoms with E-state index in [2.05, 4.69) is 0 Å². The van der Waals surface area contributed by atoms with Crippen LogP contribution in [0.2, 0.25) is 5.02 Å². The molecule has 31 heavy (non-hydrogen) atoms. The predicted octanol–water partition coefficient (Wildman–Crippen LogP) is 3.68. The van der Waals surface area contributed by atoms with Gasteiger partial charge < -0.3 is 9.64 Å². The van der Waals surface area contributed by atoms with Gasteiger partial charge in [0.05, 0.1) is 18.1 Å². The Kier molecular flexibility index (Phi) is 7.23. The quantitative estimate of drug-likeness (QED) is 0.667. The van der Waals surface area contributed by atoms with Crippen LogP contribution < -0.4 is 0 Å². The van der Waals surface area contributed by atoms with Crippen molar-refractivity contribution in [2.75, 3.05) is 45.1 Å². The minimum atomic E-state index is -3.56. The number of ether oxygens (including phenoxy) is 1. The normalized spacial score (nSPS) is 20.9. The fourth-order valence-electron chi connectivity index (χ4n) is 3.85. The third-order valence-corrected chi connectivity index (χ3v) is 9.16. The van der Waals surface area contributed by atoms with Gasteiger partial charge >= 0.3 is 0 Å². The number of carbonyl (C=O) groups excluding carboxylic acids is 1. The van der Waals surface area contributed by atoms with E-state index in [9.17, 15) is 13.2 Å². The summed E-state index contributed by atoms with van der Waals surface area (Å²) in [5, 5.41) is 1.02. The monoisotopic (exact) mass is 480 g/mol. The number of carbonyl (C=O) groups is 1. The number of sulfonamides is 1. The molecule has 2 heterocycles.